The minimum absolute atomic E-state index is 0.0113. The second-order valence-corrected chi connectivity index (χ2v) is 2.75. The van der Waals surface area contributed by atoms with Crippen LogP contribution in [0.5, 0.6) is 0 Å². The van der Waals surface area contributed by atoms with Gasteiger partial charge in [0.15, 0.2) is 0 Å². The Labute approximate surface area is 88.3 Å². The second-order valence-electron chi connectivity index (χ2n) is 2.75. The molecule has 0 spiro atoms. The van der Waals surface area contributed by atoms with Crippen molar-refractivity contribution >= 4 is 5.57 Å². The van der Waals surface area contributed by atoms with Gasteiger partial charge in [-0.25, -0.2) is 10.1 Å². The maximum Gasteiger partial charge on any atom is 0.266 e. The molecule has 0 atom stereocenters. The molecule has 0 saturated carbocycles. The van der Waals surface area contributed by atoms with E-state index in [-0.39, 0.29) is 12.1 Å². The maximum atomic E-state index is 8.75. The molecule has 0 aliphatic rings. The van der Waals surface area contributed by atoms with E-state index >= 15 is 0 Å². The summed E-state index contributed by atoms with van der Waals surface area (Å²) < 4.78 is 0. The molecule has 0 amide bonds. The molecule has 0 fully saturated rings. The van der Waals surface area contributed by atoms with Crippen molar-refractivity contribution in [2.24, 2.45) is 0 Å². The molecule has 0 heterocycles. The molecule has 0 radical (unpaired) electrons. The van der Waals surface area contributed by atoms with Crippen molar-refractivity contribution in [2.45, 2.75) is 6.42 Å². The van der Waals surface area contributed by atoms with Gasteiger partial charge in [0.05, 0.1) is 25.1 Å². The minimum Gasteiger partial charge on any atom is -0.226 e. The first-order chi connectivity index (χ1) is 7.33. The molecule has 1 aromatic rings. The molecule has 15 heavy (non-hydrogen) atoms. The van der Waals surface area contributed by atoms with Crippen molar-refractivity contribution in [3.8, 4) is 12.1 Å². The van der Waals surface area contributed by atoms with E-state index in [1.807, 2.05) is 30.3 Å². The summed E-state index contributed by atoms with van der Waals surface area (Å²) in [5.41, 5.74) is 1.24. The monoisotopic (exact) mass is 193 g/mol. The van der Waals surface area contributed by atoms with Gasteiger partial charge in [0.2, 0.25) is 0 Å². The van der Waals surface area contributed by atoms with Crippen molar-refractivity contribution < 1.29 is 0 Å². The fourth-order valence-electron chi connectivity index (χ4n) is 1.20. The molecular formula is C12H7N3. The van der Waals surface area contributed by atoms with Crippen LogP contribution in [0.25, 0.3) is 10.4 Å². The normalized spacial score (nSPS) is 10.5. The fraction of sp³-hybridized carbons (Fsp3) is 0.0833. The number of hydrogen-bond acceptors (Lipinski definition) is 2. The Morgan fingerprint density at radius 1 is 1.27 bits per heavy atom. The standard InChI is InChI=1S/C12H7N3/c1-15-12(9-14)11(7-8-13)10-5-3-2-4-6-10/h2-6H,7H2. The molecular weight excluding hydrogens is 186 g/mol. The van der Waals surface area contributed by atoms with Gasteiger partial charge in [-0.2, -0.15) is 5.26 Å². The Kier molecular flexibility index (Phi) is 3.66. The third kappa shape index (κ3) is 2.44. The Morgan fingerprint density at radius 2 is 1.93 bits per heavy atom. The second kappa shape index (κ2) is 5.22. The summed E-state index contributed by atoms with van der Waals surface area (Å²) in [5, 5.41) is 17.4. The molecule has 0 aliphatic carbocycles. The van der Waals surface area contributed by atoms with Crippen molar-refractivity contribution in [2.75, 3.05) is 0 Å². The van der Waals surface area contributed by atoms with E-state index in [0.717, 1.165) is 5.56 Å². The molecule has 0 saturated heterocycles. The zero-order chi connectivity index (χ0) is 11.1. The highest BCUT2D eigenvalue weighted by Crippen LogP contribution is 2.22. The molecule has 0 aromatic heterocycles. The van der Waals surface area contributed by atoms with Crippen LogP contribution in [0, 0.1) is 29.2 Å². The predicted octanol–water partition coefficient (Wildman–Crippen LogP) is 2.75. The van der Waals surface area contributed by atoms with Crippen molar-refractivity contribution in [1.29, 1.82) is 10.5 Å². The van der Waals surface area contributed by atoms with Crippen LogP contribution < -0.4 is 0 Å². The highest BCUT2D eigenvalue weighted by molar-refractivity contribution is 5.74. The average molecular weight is 193 g/mol. The quantitative estimate of drug-likeness (QED) is 0.535. The highest BCUT2D eigenvalue weighted by Gasteiger charge is 2.08. The maximum absolute atomic E-state index is 8.75. The van der Waals surface area contributed by atoms with Gasteiger partial charge in [-0.1, -0.05) is 30.3 Å². The summed E-state index contributed by atoms with van der Waals surface area (Å²) in [7, 11) is 0. The Hall–Kier alpha value is -2.57. The third-order valence-corrected chi connectivity index (χ3v) is 1.88. The van der Waals surface area contributed by atoms with Crippen LogP contribution in [0.15, 0.2) is 36.0 Å². The molecule has 3 nitrogen and oxygen atoms in total. The molecule has 0 bridgehead atoms. The molecule has 70 valence electrons. The number of benzene rings is 1. The topological polar surface area (TPSA) is 51.9 Å². The number of allylic oxidation sites excluding steroid dienone is 2. The van der Waals surface area contributed by atoms with Gasteiger partial charge < -0.3 is 0 Å². The van der Waals surface area contributed by atoms with Gasteiger partial charge in [0.25, 0.3) is 5.70 Å². The molecule has 3 heteroatoms. The Balaban J connectivity index is 3.30. The van der Waals surface area contributed by atoms with Crippen molar-refractivity contribution in [3.05, 3.63) is 53.0 Å². The molecule has 1 rings (SSSR count). The van der Waals surface area contributed by atoms with Crippen LogP contribution in [-0.4, -0.2) is 0 Å². The summed E-state index contributed by atoms with van der Waals surface area (Å²) in [6.45, 7) is 6.85. The van der Waals surface area contributed by atoms with Crippen LogP contribution >= 0.6 is 0 Å². The van der Waals surface area contributed by atoms with Crippen LogP contribution in [0.1, 0.15) is 12.0 Å². The summed E-state index contributed by atoms with van der Waals surface area (Å²) in [6, 6.07) is 12.8. The van der Waals surface area contributed by atoms with E-state index in [4.69, 9.17) is 17.1 Å². The molecule has 0 N–H and O–H groups in total. The van der Waals surface area contributed by atoms with E-state index in [9.17, 15) is 0 Å². The van der Waals surface area contributed by atoms with Gasteiger partial charge in [-0.3, -0.25) is 0 Å². The number of nitriles is 2. The lowest BCUT2D eigenvalue weighted by atomic mass is 10.0. The SMILES string of the molecule is [C-]#[N+]C(C#N)=C(CC#N)c1ccccc1. The van der Waals surface area contributed by atoms with Gasteiger partial charge >= 0.3 is 0 Å². The summed E-state index contributed by atoms with van der Waals surface area (Å²) in [6.07, 6.45) is 0.0787. The smallest absolute Gasteiger partial charge is 0.226 e. The Bertz CT molecular complexity index is 476. The Morgan fingerprint density at radius 3 is 2.40 bits per heavy atom. The first-order valence-electron chi connectivity index (χ1n) is 4.26. The minimum atomic E-state index is -0.0113. The number of rotatable bonds is 2. The predicted molar refractivity (Wildman–Crippen MR) is 55.8 cm³/mol. The summed E-state index contributed by atoms with van der Waals surface area (Å²) in [4.78, 5) is 3.12. The van der Waals surface area contributed by atoms with Gasteiger partial charge in [-0.05, 0) is 11.1 Å². The lowest BCUT2D eigenvalue weighted by Gasteiger charge is -2.02. The van der Waals surface area contributed by atoms with E-state index in [1.54, 1.807) is 12.1 Å². The lowest BCUT2D eigenvalue weighted by molar-refractivity contribution is 1.34. The lowest BCUT2D eigenvalue weighted by Crippen LogP contribution is -1.86. The van der Waals surface area contributed by atoms with Crippen molar-refractivity contribution in [3.63, 3.8) is 0 Å². The third-order valence-electron chi connectivity index (χ3n) is 1.88. The molecule has 1 aromatic carbocycles. The zero-order valence-corrected chi connectivity index (χ0v) is 7.94. The average Bonchev–Trinajstić information content (AvgIpc) is 2.30. The van der Waals surface area contributed by atoms with E-state index in [0.29, 0.717) is 5.57 Å². The van der Waals surface area contributed by atoms with Crippen molar-refractivity contribution in [1.82, 2.24) is 0 Å². The first kappa shape index (κ1) is 10.5. The van der Waals surface area contributed by atoms with E-state index in [1.165, 1.54) is 0 Å². The summed E-state index contributed by atoms with van der Waals surface area (Å²) >= 11 is 0. The van der Waals surface area contributed by atoms with E-state index < -0.39 is 0 Å². The number of hydrogen-bond donors (Lipinski definition) is 0. The van der Waals surface area contributed by atoms with Gasteiger partial charge in [0.1, 0.15) is 0 Å². The van der Waals surface area contributed by atoms with Gasteiger partial charge in [0, 0.05) is 0 Å². The van der Waals surface area contributed by atoms with Crippen LogP contribution in [0.4, 0.5) is 0 Å². The zero-order valence-electron chi connectivity index (χ0n) is 7.94. The molecule has 0 aliphatic heterocycles. The number of nitrogens with zero attached hydrogens (tertiary/aromatic N) is 3. The molecule has 0 unspecified atom stereocenters. The summed E-state index contributed by atoms with van der Waals surface area (Å²) in [5.74, 6) is 0. The highest BCUT2D eigenvalue weighted by atomic mass is 14.7. The van der Waals surface area contributed by atoms with Gasteiger partial charge in [-0.15, -0.1) is 0 Å². The van der Waals surface area contributed by atoms with Crippen LogP contribution in [-0.2, 0) is 0 Å². The largest absolute Gasteiger partial charge is 0.266 e. The first-order valence-corrected chi connectivity index (χ1v) is 4.26. The fourth-order valence-corrected chi connectivity index (χ4v) is 1.20. The van der Waals surface area contributed by atoms with E-state index in [2.05, 4.69) is 4.85 Å². The van der Waals surface area contributed by atoms with Crippen LogP contribution in [0.3, 0.4) is 0 Å². The van der Waals surface area contributed by atoms with Crippen LogP contribution in [0.2, 0.25) is 0 Å².